The fraction of sp³-hybridized carbons (Fsp3) is 0.300. The van der Waals surface area contributed by atoms with Gasteiger partial charge in [0.1, 0.15) is 5.82 Å². The second kappa shape index (κ2) is 10.8. The third-order valence-corrected chi connectivity index (χ3v) is 7.21. The van der Waals surface area contributed by atoms with Crippen molar-refractivity contribution < 1.29 is 18.8 Å². The van der Waals surface area contributed by atoms with Crippen molar-refractivity contribution >= 4 is 34.2 Å². The Morgan fingerprint density at radius 2 is 1.95 bits per heavy atom. The third kappa shape index (κ3) is 5.72. The molecule has 9 heteroatoms. The van der Waals surface area contributed by atoms with Gasteiger partial charge in [0.15, 0.2) is 5.78 Å². The molecule has 5 rings (SSSR count). The summed E-state index contributed by atoms with van der Waals surface area (Å²) in [5.74, 6) is -1.09. The molecule has 1 unspecified atom stereocenters. The second-order valence-electron chi connectivity index (χ2n) is 10.3. The van der Waals surface area contributed by atoms with Crippen LogP contribution in [0.4, 0.5) is 4.39 Å². The number of benzene rings is 2. The first-order valence-corrected chi connectivity index (χ1v) is 12.9. The van der Waals surface area contributed by atoms with E-state index in [0.29, 0.717) is 29.7 Å². The lowest BCUT2D eigenvalue weighted by Crippen LogP contribution is -2.37. The molecule has 2 aliphatic heterocycles. The molecule has 39 heavy (non-hydrogen) atoms. The topological polar surface area (TPSA) is 108 Å². The van der Waals surface area contributed by atoms with E-state index in [-0.39, 0.29) is 42.4 Å². The van der Waals surface area contributed by atoms with Crippen LogP contribution in [0, 0.1) is 5.82 Å². The summed E-state index contributed by atoms with van der Waals surface area (Å²) in [7, 11) is 1.67. The van der Waals surface area contributed by atoms with Gasteiger partial charge in [0.05, 0.1) is 30.7 Å². The summed E-state index contributed by atoms with van der Waals surface area (Å²) in [4.78, 5) is 44.9. The highest BCUT2D eigenvalue weighted by Crippen LogP contribution is 2.32. The normalized spacial score (nSPS) is 17.2. The van der Waals surface area contributed by atoms with Gasteiger partial charge >= 0.3 is 0 Å². The van der Waals surface area contributed by atoms with E-state index in [4.69, 9.17) is 0 Å². The number of rotatable bonds is 8. The summed E-state index contributed by atoms with van der Waals surface area (Å²) in [5, 5.41) is 10.7. The fourth-order valence-corrected chi connectivity index (χ4v) is 5.17. The van der Waals surface area contributed by atoms with Crippen LogP contribution in [0.3, 0.4) is 0 Å². The van der Waals surface area contributed by atoms with Crippen molar-refractivity contribution in [3.63, 3.8) is 0 Å². The molecule has 2 amide bonds. The number of H-pyrrole nitrogens is 1. The van der Waals surface area contributed by atoms with Crippen molar-refractivity contribution in [1.29, 1.82) is 0 Å². The number of aromatic nitrogens is 2. The van der Waals surface area contributed by atoms with E-state index in [0.717, 1.165) is 27.9 Å². The van der Waals surface area contributed by atoms with Gasteiger partial charge in [0.2, 0.25) is 11.8 Å². The monoisotopic (exact) mass is 527 g/mol. The van der Waals surface area contributed by atoms with Gasteiger partial charge in [-0.1, -0.05) is 23.8 Å². The van der Waals surface area contributed by atoms with Crippen LogP contribution in [-0.2, 0) is 27.2 Å². The average Bonchev–Trinajstić information content (AvgIpc) is 3.52. The van der Waals surface area contributed by atoms with Gasteiger partial charge < -0.3 is 10.2 Å². The maximum Gasteiger partial charge on any atom is 0.227 e. The van der Waals surface area contributed by atoms with Crippen LogP contribution in [0.2, 0.25) is 0 Å². The Balaban J connectivity index is 1.37. The Kier molecular flexibility index (Phi) is 7.24. The molecular formula is C30H30FN5O3. The molecule has 0 radical (unpaired) electrons. The minimum absolute atomic E-state index is 0.119. The third-order valence-electron chi connectivity index (χ3n) is 7.21. The largest absolute Gasteiger partial charge is 0.345 e. The van der Waals surface area contributed by atoms with Gasteiger partial charge in [-0.15, -0.1) is 0 Å². The van der Waals surface area contributed by atoms with Gasteiger partial charge in [-0.05, 0) is 54.8 Å². The Labute approximate surface area is 225 Å². The number of ketones is 1. The van der Waals surface area contributed by atoms with Crippen molar-refractivity contribution in [3.8, 4) is 0 Å². The highest BCUT2D eigenvalue weighted by molar-refractivity contribution is 6.02. The highest BCUT2D eigenvalue weighted by Gasteiger charge is 2.31. The maximum absolute atomic E-state index is 14.8. The number of aromatic amines is 1. The molecule has 0 aliphatic carbocycles. The number of aliphatic imine (C=N–C) groups is 1. The number of amides is 2. The van der Waals surface area contributed by atoms with E-state index in [2.05, 4.69) is 20.5 Å². The van der Waals surface area contributed by atoms with Crippen molar-refractivity contribution in [3.05, 3.63) is 88.0 Å². The van der Waals surface area contributed by atoms with Crippen LogP contribution in [-0.4, -0.2) is 52.0 Å². The van der Waals surface area contributed by atoms with Crippen LogP contribution >= 0.6 is 0 Å². The molecule has 3 heterocycles. The van der Waals surface area contributed by atoms with Crippen molar-refractivity contribution in [2.24, 2.45) is 4.99 Å². The van der Waals surface area contributed by atoms with Gasteiger partial charge in [-0.2, -0.15) is 5.10 Å². The van der Waals surface area contributed by atoms with E-state index in [1.54, 1.807) is 32.3 Å². The number of allylic oxidation sites excluding steroid dienone is 2. The van der Waals surface area contributed by atoms with Crippen LogP contribution < -0.4 is 5.32 Å². The molecule has 3 aromatic rings. The van der Waals surface area contributed by atoms with E-state index in [1.807, 2.05) is 31.2 Å². The van der Waals surface area contributed by atoms with Crippen LogP contribution in [0.5, 0.6) is 0 Å². The summed E-state index contributed by atoms with van der Waals surface area (Å²) in [6, 6.07) is 9.36. The molecule has 0 spiro atoms. The second-order valence-corrected chi connectivity index (χ2v) is 10.3. The number of Topliss-reactive ketones (excluding diaryl/α,β-unsaturated/α-hetero) is 1. The van der Waals surface area contributed by atoms with Crippen LogP contribution in [0.15, 0.2) is 70.5 Å². The fourth-order valence-electron chi connectivity index (χ4n) is 5.17. The van der Waals surface area contributed by atoms with Crippen LogP contribution in [0.25, 0.3) is 10.9 Å². The summed E-state index contributed by atoms with van der Waals surface area (Å²) in [6.45, 7) is 4.06. The summed E-state index contributed by atoms with van der Waals surface area (Å²) >= 11 is 0. The first-order valence-electron chi connectivity index (χ1n) is 12.9. The van der Waals surface area contributed by atoms with E-state index in [1.165, 1.54) is 11.0 Å². The Bertz CT molecular complexity index is 1580. The number of fused-ring (bicyclic) bond motifs is 1. The number of hydrogen-bond donors (Lipinski definition) is 2. The lowest BCUT2D eigenvalue weighted by atomic mass is 9.85. The zero-order chi connectivity index (χ0) is 27.7. The van der Waals surface area contributed by atoms with E-state index in [9.17, 15) is 18.8 Å². The Hall–Kier alpha value is -4.40. The smallest absolute Gasteiger partial charge is 0.227 e. The molecule has 2 N–H and O–H groups in total. The minimum Gasteiger partial charge on any atom is -0.345 e. The molecule has 200 valence electrons. The molecule has 2 aliphatic rings. The SMILES string of the molecule is CC1=CCC(CN(C)C(=O)Cc2cc(C3NC(=O)CC(C)=C3C(=O)Cc3ccc4[nH]ncc4c3)ccc2F)=N1. The Morgan fingerprint density at radius 1 is 1.13 bits per heavy atom. The van der Waals surface area contributed by atoms with Gasteiger partial charge in [-0.3, -0.25) is 24.5 Å². The summed E-state index contributed by atoms with van der Waals surface area (Å²) in [5.41, 5.74) is 5.46. The summed E-state index contributed by atoms with van der Waals surface area (Å²) < 4.78 is 14.8. The number of nitrogens with one attached hydrogen (secondary N) is 2. The molecule has 8 nitrogen and oxygen atoms in total. The van der Waals surface area contributed by atoms with Gasteiger partial charge in [0, 0.05) is 48.7 Å². The number of carbonyl (C=O) groups excluding carboxylic acids is 3. The molecule has 0 saturated carbocycles. The summed E-state index contributed by atoms with van der Waals surface area (Å²) in [6.07, 6.45) is 4.53. The van der Waals surface area contributed by atoms with E-state index < -0.39 is 11.9 Å². The lowest BCUT2D eigenvalue weighted by Gasteiger charge is -2.28. The zero-order valence-corrected chi connectivity index (χ0v) is 22.2. The number of nitrogens with zero attached hydrogens (tertiary/aromatic N) is 3. The van der Waals surface area contributed by atoms with Gasteiger partial charge in [0.25, 0.3) is 0 Å². The first-order chi connectivity index (χ1) is 18.7. The maximum atomic E-state index is 14.8. The molecule has 1 aromatic heterocycles. The standard InChI is InChI=1S/C30H30FN5O3/c1-17-10-27(38)34-30(29(17)26(37)12-19-5-9-25-22(11-19)15-32-35-25)20-6-8-24(31)21(13-20)14-28(39)36(3)16-23-7-4-18(2)33-23/h4-6,8-9,11,13,15,30H,7,10,12,14,16H2,1-3H3,(H,32,35)(H,34,38). The number of halogens is 1. The minimum atomic E-state index is -0.731. The number of hydrogen-bond acceptors (Lipinski definition) is 5. The number of likely N-dealkylation sites (N-methyl/N-ethyl adjacent to an activating group) is 1. The molecule has 2 aromatic carbocycles. The van der Waals surface area contributed by atoms with Crippen LogP contribution in [0.1, 0.15) is 49.4 Å². The molecular weight excluding hydrogens is 497 g/mol. The van der Waals surface area contributed by atoms with Crippen molar-refractivity contribution in [2.75, 3.05) is 13.6 Å². The number of carbonyl (C=O) groups is 3. The quantitative estimate of drug-likeness (QED) is 0.459. The molecule has 0 bridgehead atoms. The first kappa shape index (κ1) is 26.2. The highest BCUT2D eigenvalue weighted by atomic mass is 19.1. The average molecular weight is 528 g/mol. The predicted molar refractivity (Wildman–Crippen MR) is 147 cm³/mol. The molecule has 1 atom stereocenters. The van der Waals surface area contributed by atoms with Gasteiger partial charge in [-0.25, -0.2) is 4.39 Å². The zero-order valence-electron chi connectivity index (χ0n) is 22.2. The Morgan fingerprint density at radius 3 is 2.72 bits per heavy atom. The van der Waals surface area contributed by atoms with Crippen molar-refractivity contribution in [2.45, 2.75) is 45.6 Å². The molecule has 0 saturated heterocycles. The van der Waals surface area contributed by atoms with Crippen molar-refractivity contribution in [1.82, 2.24) is 20.4 Å². The lowest BCUT2D eigenvalue weighted by molar-refractivity contribution is -0.128. The molecule has 0 fully saturated rings. The predicted octanol–water partition coefficient (Wildman–Crippen LogP) is 4.14. The van der Waals surface area contributed by atoms with E-state index >= 15 is 0 Å².